The van der Waals surface area contributed by atoms with Crippen LogP contribution in [-0.2, 0) is 0 Å². The van der Waals surface area contributed by atoms with Gasteiger partial charge in [-0.25, -0.2) is 4.98 Å². The fourth-order valence-corrected chi connectivity index (χ4v) is 3.16. The van der Waals surface area contributed by atoms with Crippen LogP contribution in [0.2, 0.25) is 0 Å². The molecule has 1 unspecified atom stereocenters. The van der Waals surface area contributed by atoms with Crippen molar-refractivity contribution >= 4 is 27.4 Å². The van der Waals surface area contributed by atoms with Crippen LogP contribution in [0.15, 0.2) is 16.7 Å². The first kappa shape index (κ1) is 14.7. The monoisotopic (exact) mass is 354 g/mol. The van der Waals surface area contributed by atoms with Crippen LogP contribution < -0.4 is 10.2 Å². The molecular formula is C14H19BrN4O2. The number of hydrogen-bond acceptors (Lipinski definition) is 5. The largest absolute Gasteiger partial charge is 0.349 e. The van der Waals surface area contributed by atoms with Crippen LogP contribution in [0.4, 0.5) is 11.5 Å². The summed E-state index contributed by atoms with van der Waals surface area (Å²) < 4.78 is 0.642. The summed E-state index contributed by atoms with van der Waals surface area (Å²) in [4.78, 5) is 17.4. The SMILES string of the molecule is O=[N+]([O-])c1cc(Br)cnc1N(CC1CC1)CC1CCCN1. The minimum absolute atomic E-state index is 0.0861. The van der Waals surface area contributed by atoms with Crippen molar-refractivity contribution in [2.75, 3.05) is 24.5 Å². The lowest BCUT2D eigenvalue weighted by molar-refractivity contribution is -0.384. The molecule has 2 aliphatic rings. The minimum Gasteiger partial charge on any atom is -0.349 e. The molecule has 2 fully saturated rings. The number of nitrogens with zero attached hydrogens (tertiary/aromatic N) is 3. The fraction of sp³-hybridized carbons (Fsp3) is 0.643. The van der Waals surface area contributed by atoms with Gasteiger partial charge in [0.1, 0.15) is 0 Å². The lowest BCUT2D eigenvalue weighted by Gasteiger charge is -2.26. The first-order chi connectivity index (χ1) is 10.1. The third-order valence-electron chi connectivity index (χ3n) is 4.09. The van der Waals surface area contributed by atoms with Gasteiger partial charge in [-0.3, -0.25) is 10.1 Å². The summed E-state index contributed by atoms with van der Waals surface area (Å²) in [6.07, 6.45) is 6.39. The van der Waals surface area contributed by atoms with Crippen molar-refractivity contribution in [3.8, 4) is 0 Å². The molecule has 114 valence electrons. The summed E-state index contributed by atoms with van der Waals surface area (Å²) in [5, 5.41) is 14.8. The highest BCUT2D eigenvalue weighted by Crippen LogP contribution is 2.35. The molecule has 0 amide bonds. The average Bonchev–Trinajstić information content (AvgIpc) is 3.11. The molecule has 1 saturated heterocycles. The number of aromatic nitrogens is 1. The van der Waals surface area contributed by atoms with E-state index >= 15 is 0 Å². The third kappa shape index (κ3) is 3.71. The van der Waals surface area contributed by atoms with Gasteiger partial charge in [0.15, 0.2) is 0 Å². The molecule has 0 aromatic carbocycles. The summed E-state index contributed by atoms with van der Waals surface area (Å²) >= 11 is 3.27. The molecule has 1 saturated carbocycles. The Bertz CT molecular complexity index is 530. The Hall–Kier alpha value is -1.21. The van der Waals surface area contributed by atoms with E-state index in [1.807, 2.05) is 0 Å². The Morgan fingerprint density at radius 3 is 2.86 bits per heavy atom. The topological polar surface area (TPSA) is 71.3 Å². The van der Waals surface area contributed by atoms with E-state index in [-0.39, 0.29) is 10.6 Å². The van der Waals surface area contributed by atoms with Gasteiger partial charge in [0.25, 0.3) is 0 Å². The molecular weight excluding hydrogens is 336 g/mol. The van der Waals surface area contributed by atoms with Crippen LogP contribution in [0.3, 0.4) is 0 Å². The zero-order valence-corrected chi connectivity index (χ0v) is 13.4. The van der Waals surface area contributed by atoms with Crippen LogP contribution >= 0.6 is 15.9 Å². The van der Waals surface area contributed by atoms with Gasteiger partial charge >= 0.3 is 5.69 Å². The number of halogens is 1. The van der Waals surface area contributed by atoms with Crippen molar-refractivity contribution in [2.45, 2.75) is 31.7 Å². The molecule has 1 atom stereocenters. The summed E-state index contributed by atoms with van der Waals surface area (Å²) in [6, 6.07) is 1.96. The lowest BCUT2D eigenvalue weighted by Crippen LogP contribution is -2.39. The van der Waals surface area contributed by atoms with E-state index in [1.165, 1.54) is 19.3 Å². The summed E-state index contributed by atoms with van der Waals surface area (Å²) in [5.41, 5.74) is 0.0861. The van der Waals surface area contributed by atoms with E-state index in [2.05, 4.69) is 31.1 Å². The predicted molar refractivity (Wildman–Crippen MR) is 84.6 cm³/mol. The van der Waals surface area contributed by atoms with Crippen molar-refractivity contribution in [1.29, 1.82) is 0 Å². The molecule has 1 aliphatic heterocycles. The van der Waals surface area contributed by atoms with Gasteiger partial charge in [-0.05, 0) is 54.1 Å². The molecule has 0 spiro atoms. The molecule has 6 nitrogen and oxygen atoms in total. The summed E-state index contributed by atoms with van der Waals surface area (Å²) in [6.45, 7) is 2.71. The molecule has 0 radical (unpaired) electrons. The van der Waals surface area contributed by atoms with Crippen LogP contribution in [-0.4, -0.2) is 35.6 Å². The maximum atomic E-state index is 11.3. The second-order valence-electron chi connectivity index (χ2n) is 5.90. The summed E-state index contributed by atoms with van der Waals surface area (Å²) in [5.74, 6) is 1.17. The van der Waals surface area contributed by atoms with E-state index in [9.17, 15) is 10.1 Å². The number of hydrogen-bond donors (Lipinski definition) is 1. The number of nitro groups is 1. The smallest absolute Gasteiger partial charge is 0.312 e. The van der Waals surface area contributed by atoms with Gasteiger partial charge in [-0.15, -0.1) is 0 Å². The Morgan fingerprint density at radius 1 is 1.43 bits per heavy atom. The Balaban J connectivity index is 1.85. The van der Waals surface area contributed by atoms with E-state index in [0.29, 0.717) is 22.3 Å². The normalized spacial score (nSPS) is 21.5. The van der Waals surface area contributed by atoms with Gasteiger partial charge < -0.3 is 10.2 Å². The van der Waals surface area contributed by atoms with Gasteiger partial charge in [-0.1, -0.05) is 0 Å². The molecule has 1 aliphatic carbocycles. The molecule has 3 rings (SSSR count). The number of rotatable bonds is 6. The highest BCUT2D eigenvalue weighted by atomic mass is 79.9. The number of pyridine rings is 1. The Labute approximate surface area is 132 Å². The van der Waals surface area contributed by atoms with E-state index in [1.54, 1.807) is 12.3 Å². The van der Waals surface area contributed by atoms with Gasteiger partial charge in [0, 0.05) is 35.9 Å². The molecule has 7 heteroatoms. The second kappa shape index (κ2) is 6.27. The van der Waals surface area contributed by atoms with Crippen LogP contribution in [0.5, 0.6) is 0 Å². The van der Waals surface area contributed by atoms with Crippen molar-refractivity contribution in [2.24, 2.45) is 5.92 Å². The van der Waals surface area contributed by atoms with Gasteiger partial charge in [0.2, 0.25) is 5.82 Å². The van der Waals surface area contributed by atoms with Gasteiger partial charge in [-0.2, -0.15) is 0 Å². The molecule has 1 aromatic heterocycles. The minimum atomic E-state index is -0.338. The second-order valence-corrected chi connectivity index (χ2v) is 6.81. The van der Waals surface area contributed by atoms with E-state index in [0.717, 1.165) is 26.1 Å². The zero-order valence-electron chi connectivity index (χ0n) is 11.8. The number of anilines is 1. The van der Waals surface area contributed by atoms with Crippen molar-refractivity contribution in [3.63, 3.8) is 0 Å². The maximum Gasteiger partial charge on any atom is 0.312 e. The summed E-state index contributed by atoms with van der Waals surface area (Å²) in [7, 11) is 0. The van der Waals surface area contributed by atoms with Crippen molar-refractivity contribution in [3.05, 3.63) is 26.9 Å². The van der Waals surface area contributed by atoms with Crippen molar-refractivity contribution in [1.82, 2.24) is 10.3 Å². The Morgan fingerprint density at radius 2 is 2.24 bits per heavy atom. The van der Waals surface area contributed by atoms with Crippen molar-refractivity contribution < 1.29 is 4.92 Å². The molecule has 21 heavy (non-hydrogen) atoms. The zero-order chi connectivity index (χ0) is 14.8. The average molecular weight is 355 g/mol. The maximum absolute atomic E-state index is 11.3. The highest BCUT2D eigenvalue weighted by molar-refractivity contribution is 9.10. The quantitative estimate of drug-likeness (QED) is 0.628. The number of nitrogens with one attached hydrogen (secondary N) is 1. The van der Waals surface area contributed by atoms with E-state index in [4.69, 9.17) is 0 Å². The van der Waals surface area contributed by atoms with E-state index < -0.39 is 0 Å². The standard InChI is InChI=1S/C14H19BrN4O2/c15-11-6-13(19(20)21)14(17-7-11)18(8-10-3-4-10)9-12-2-1-5-16-12/h6-7,10,12,16H,1-5,8-9H2. The van der Waals surface area contributed by atoms with Crippen LogP contribution in [0, 0.1) is 16.0 Å². The first-order valence-corrected chi connectivity index (χ1v) is 8.21. The highest BCUT2D eigenvalue weighted by Gasteiger charge is 2.30. The van der Waals surface area contributed by atoms with Gasteiger partial charge in [0.05, 0.1) is 4.92 Å². The predicted octanol–water partition coefficient (Wildman–Crippen LogP) is 2.72. The molecule has 2 heterocycles. The molecule has 0 bridgehead atoms. The fourth-order valence-electron chi connectivity index (χ4n) is 2.84. The lowest BCUT2D eigenvalue weighted by atomic mass is 10.2. The van der Waals surface area contributed by atoms with Crippen LogP contribution in [0.25, 0.3) is 0 Å². The van der Waals surface area contributed by atoms with Crippen LogP contribution in [0.1, 0.15) is 25.7 Å². The molecule has 1 aromatic rings. The first-order valence-electron chi connectivity index (χ1n) is 7.42. The molecule has 1 N–H and O–H groups in total. The third-order valence-corrected chi connectivity index (χ3v) is 4.52. The Kier molecular flexibility index (Phi) is 4.40.